The average molecular weight is 941 g/mol. The van der Waals surface area contributed by atoms with Gasteiger partial charge in [-0.05, 0) is 29.2 Å². The summed E-state index contributed by atoms with van der Waals surface area (Å²) in [6.45, 7) is 1.42. The zero-order valence-electron chi connectivity index (χ0n) is 32.8. The molecule has 350 valence electrons. The molecular formula is C41H32F12N2O10. The van der Waals surface area contributed by atoms with Gasteiger partial charge in [-0.2, -0.15) is 26.3 Å². The van der Waals surface area contributed by atoms with Crippen LogP contribution < -0.4 is 10.6 Å². The minimum atomic E-state index is -6.77. The number of esters is 2. The first-order chi connectivity index (χ1) is 30.1. The predicted octanol–water partition coefficient (Wildman–Crippen LogP) is 7.80. The molecular weight excluding hydrogens is 908 g/mol. The molecule has 4 atom stereocenters. The number of ether oxygens (including phenoxy) is 3. The fourth-order valence-electron chi connectivity index (χ4n) is 5.86. The van der Waals surface area contributed by atoms with Gasteiger partial charge in [0.15, 0.2) is 5.78 Å². The number of benzene rings is 4. The Morgan fingerprint density at radius 2 is 0.892 bits per heavy atom. The second kappa shape index (κ2) is 21.0. The van der Waals surface area contributed by atoms with Crippen LogP contribution in [0.2, 0.25) is 0 Å². The van der Waals surface area contributed by atoms with Crippen LogP contribution in [0.25, 0.3) is 0 Å². The van der Waals surface area contributed by atoms with Gasteiger partial charge in [0.2, 0.25) is 16.7 Å². The van der Waals surface area contributed by atoms with E-state index in [1.165, 1.54) is 6.92 Å². The number of Topliss-reactive ketones (excluding diaryl/α,β-unsaturated/α-hetero) is 1. The number of nitrogens with one attached hydrogen (secondary N) is 2. The van der Waals surface area contributed by atoms with Crippen LogP contribution in [0.15, 0.2) is 121 Å². The monoisotopic (exact) mass is 940 g/mol. The standard InChI is InChI=1S/C21H10F12O5.C20H22N2O5/c22-18(23,24)16(11-7-3-1-4-8-11,14(35)37-20(28,29)30)13(34)17(19(25,26)27,12-9-5-2-6-10-12)15(36)38-21(31,32)33;1-14(19(24)25)21-18(23)17(12-15-8-4-2-5-9-15)22-20(26)27-13-16-10-6-3-7-11-16/h1-10H;2-11,14,17H,12-13H2,1H3,(H,21,23)(H,22,26)(H,24,25)/t;14-,17-/m.0/s1. The summed E-state index contributed by atoms with van der Waals surface area (Å²) in [5, 5.41) is 13.9. The number of carbonyl (C=O) groups excluding carboxylic acids is 5. The number of aliphatic carboxylic acids is 1. The number of halogens is 12. The molecule has 0 fully saturated rings. The molecule has 3 N–H and O–H groups in total. The van der Waals surface area contributed by atoms with Gasteiger partial charge in [-0.25, -0.2) is 4.79 Å². The molecule has 0 heterocycles. The highest BCUT2D eigenvalue weighted by Crippen LogP contribution is 2.54. The zero-order chi connectivity index (χ0) is 49.0. The highest BCUT2D eigenvalue weighted by Gasteiger charge is 2.80. The van der Waals surface area contributed by atoms with E-state index >= 15 is 0 Å². The lowest BCUT2D eigenvalue weighted by molar-refractivity contribution is -0.316. The molecule has 2 amide bonds. The summed E-state index contributed by atoms with van der Waals surface area (Å²) < 4.78 is 175. The number of ketones is 1. The average Bonchev–Trinajstić information content (AvgIpc) is 3.19. The largest absolute Gasteiger partial charge is 0.575 e. The van der Waals surface area contributed by atoms with Crippen molar-refractivity contribution < 1.29 is 101 Å². The first-order valence-corrected chi connectivity index (χ1v) is 18.0. The maximum Gasteiger partial charge on any atom is 0.575 e. The highest BCUT2D eigenvalue weighted by molar-refractivity contribution is 6.23. The summed E-state index contributed by atoms with van der Waals surface area (Å²) >= 11 is 0. The smallest absolute Gasteiger partial charge is 0.480 e. The number of alkyl halides is 12. The lowest BCUT2D eigenvalue weighted by Gasteiger charge is -2.40. The van der Waals surface area contributed by atoms with Crippen LogP contribution in [0.1, 0.15) is 29.2 Å². The third-order valence-electron chi connectivity index (χ3n) is 8.81. The lowest BCUT2D eigenvalue weighted by Crippen LogP contribution is -2.68. The van der Waals surface area contributed by atoms with Gasteiger partial charge in [-0.3, -0.25) is 24.0 Å². The Kier molecular flexibility index (Phi) is 16.9. The summed E-state index contributed by atoms with van der Waals surface area (Å²) in [6, 6.07) is 20.5. The van der Waals surface area contributed by atoms with Crippen LogP contribution in [0.4, 0.5) is 57.5 Å². The molecule has 4 aromatic rings. The SMILES string of the molecule is C[C@H](NC(=O)[C@H](Cc1ccccc1)NC(=O)OCc1ccccc1)C(=O)O.O=C(OC(F)(F)F)C(C(=O)C(C(=O)OC(F)(F)F)(c1ccccc1)C(F)(F)F)(c1ccccc1)C(F)(F)F. The van der Waals surface area contributed by atoms with Crippen molar-refractivity contribution in [1.29, 1.82) is 0 Å². The van der Waals surface area contributed by atoms with E-state index in [2.05, 4.69) is 20.1 Å². The molecule has 2 unspecified atom stereocenters. The normalized spacial score (nSPS) is 14.6. The van der Waals surface area contributed by atoms with Crippen LogP contribution in [0.3, 0.4) is 0 Å². The Labute approximate surface area is 358 Å². The van der Waals surface area contributed by atoms with Crippen molar-refractivity contribution in [3.63, 3.8) is 0 Å². The van der Waals surface area contributed by atoms with Gasteiger partial charge in [0, 0.05) is 6.42 Å². The van der Waals surface area contributed by atoms with Gasteiger partial charge < -0.3 is 30.0 Å². The fourth-order valence-corrected chi connectivity index (χ4v) is 5.86. The van der Waals surface area contributed by atoms with Crippen molar-refractivity contribution in [1.82, 2.24) is 10.6 Å². The quantitative estimate of drug-likeness (QED) is 0.0490. The maximum absolute atomic E-state index is 14.5. The minimum absolute atomic E-state index is 0.0673. The molecule has 12 nitrogen and oxygen atoms in total. The maximum atomic E-state index is 14.5. The van der Waals surface area contributed by atoms with Crippen molar-refractivity contribution in [2.45, 2.75) is 67.9 Å². The number of carboxylic acid groups (broad SMARTS) is 1. The molecule has 65 heavy (non-hydrogen) atoms. The molecule has 0 saturated heterocycles. The molecule has 0 bridgehead atoms. The van der Waals surface area contributed by atoms with Gasteiger partial charge in [-0.15, -0.1) is 26.3 Å². The third-order valence-corrected chi connectivity index (χ3v) is 8.81. The molecule has 0 aliphatic heterocycles. The van der Waals surface area contributed by atoms with E-state index in [0.29, 0.717) is 24.3 Å². The first kappa shape index (κ1) is 52.2. The van der Waals surface area contributed by atoms with E-state index < -0.39 is 94.8 Å². The molecule has 0 aliphatic rings. The first-order valence-electron chi connectivity index (χ1n) is 18.0. The zero-order valence-corrected chi connectivity index (χ0v) is 32.8. The van der Waals surface area contributed by atoms with E-state index in [9.17, 15) is 81.5 Å². The van der Waals surface area contributed by atoms with Gasteiger partial charge in [0.05, 0.1) is 0 Å². The van der Waals surface area contributed by atoms with Crippen molar-refractivity contribution in [3.05, 3.63) is 144 Å². The molecule has 24 heteroatoms. The van der Waals surface area contributed by atoms with E-state index in [4.69, 9.17) is 9.84 Å². The van der Waals surface area contributed by atoms with Crippen LogP contribution in [0.5, 0.6) is 0 Å². The summed E-state index contributed by atoms with van der Waals surface area (Å²) in [5.74, 6) is -13.0. The van der Waals surface area contributed by atoms with Crippen molar-refractivity contribution >= 4 is 35.7 Å². The van der Waals surface area contributed by atoms with Gasteiger partial charge >= 0.3 is 49.1 Å². The van der Waals surface area contributed by atoms with Crippen molar-refractivity contribution in [2.24, 2.45) is 0 Å². The molecule has 0 saturated carbocycles. The van der Waals surface area contributed by atoms with Crippen LogP contribution in [0, 0.1) is 0 Å². The molecule has 4 rings (SSSR count). The summed E-state index contributed by atoms with van der Waals surface area (Å²) in [6.07, 6.45) is -26.7. The minimum Gasteiger partial charge on any atom is -0.480 e. The second-order valence-corrected chi connectivity index (χ2v) is 13.2. The second-order valence-electron chi connectivity index (χ2n) is 13.2. The molecule has 0 spiro atoms. The Morgan fingerprint density at radius 3 is 1.23 bits per heavy atom. The number of carbonyl (C=O) groups is 6. The Hall–Kier alpha value is -7.14. The molecule has 0 radical (unpaired) electrons. The lowest BCUT2D eigenvalue weighted by atomic mass is 9.62. The van der Waals surface area contributed by atoms with E-state index in [1.807, 2.05) is 60.7 Å². The Bertz CT molecular complexity index is 2170. The molecule has 0 aliphatic carbocycles. The number of alkyl carbamates (subject to hydrolysis) is 1. The molecule has 0 aromatic heterocycles. The van der Waals surface area contributed by atoms with Crippen molar-refractivity contribution in [3.8, 4) is 0 Å². The van der Waals surface area contributed by atoms with E-state index in [1.54, 1.807) is 0 Å². The topological polar surface area (TPSA) is 174 Å². The van der Waals surface area contributed by atoms with E-state index in [-0.39, 0.29) is 37.3 Å². The predicted molar refractivity (Wildman–Crippen MR) is 197 cm³/mol. The Morgan fingerprint density at radius 1 is 0.538 bits per heavy atom. The number of hydrogen-bond acceptors (Lipinski definition) is 9. The highest BCUT2D eigenvalue weighted by atomic mass is 19.4. The number of amides is 2. The van der Waals surface area contributed by atoms with Gasteiger partial charge in [0.1, 0.15) is 18.7 Å². The number of rotatable bonds is 14. The Balaban J connectivity index is 0.000000365. The molecule has 4 aromatic carbocycles. The van der Waals surface area contributed by atoms with Gasteiger partial charge in [-0.1, -0.05) is 121 Å². The summed E-state index contributed by atoms with van der Waals surface area (Å²) in [4.78, 5) is 73.9. The summed E-state index contributed by atoms with van der Waals surface area (Å²) in [7, 11) is 0. The number of carboxylic acids is 1. The van der Waals surface area contributed by atoms with Crippen molar-refractivity contribution in [2.75, 3.05) is 0 Å². The third kappa shape index (κ3) is 13.2. The van der Waals surface area contributed by atoms with Crippen LogP contribution >= 0.6 is 0 Å². The summed E-state index contributed by atoms with van der Waals surface area (Å²) in [5.41, 5.74) is -13.5. The van der Waals surface area contributed by atoms with E-state index in [0.717, 1.165) is 23.3 Å². The number of hydrogen-bond donors (Lipinski definition) is 3. The van der Waals surface area contributed by atoms with Gasteiger partial charge in [0.25, 0.3) is 0 Å². The fraction of sp³-hybridized carbons (Fsp3) is 0.268. The van der Waals surface area contributed by atoms with Crippen LogP contribution in [-0.4, -0.2) is 78.0 Å². The van der Waals surface area contributed by atoms with Crippen LogP contribution in [-0.2, 0) is 62.0 Å².